The van der Waals surface area contributed by atoms with Crippen LogP contribution in [0.2, 0.25) is 0 Å². The van der Waals surface area contributed by atoms with Crippen LogP contribution in [0.25, 0.3) is 0 Å². The number of nitrogens with one attached hydrogen (secondary N) is 1. The quantitative estimate of drug-likeness (QED) is 0.922. The molecule has 0 saturated carbocycles. The molecule has 0 fully saturated rings. The Morgan fingerprint density at radius 3 is 2.86 bits per heavy atom. The van der Waals surface area contributed by atoms with Crippen LogP contribution in [0, 0.1) is 0 Å². The summed E-state index contributed by atoms with van der Waals surface area (Å²) in [7, 11) is 1.75. The molecule has 76 valence electrons. The number of aryl methyl sites for hydroxylation is 1. The molecule has 0 aromatic carbocycles. The average Bonchev–Trinajstić information content (AvgIpc) is 2.44. The number of carbonyl (C=O) groups excluding carboxylic acids is 1. The van der Waals surface area contributed by atoms with Gasteiger partial charge < -0.3 is 5.32 Å². The van der Waals surface area contributed by atoms with Gasteiger partial charge in [-0.3, -0.25) is 9.48 Å². The molecule has 0 aliphatic carbocycles. The highest BCUT2D eigenvalue weighted by molar-refractivity contribution is 9.11. The van der Waals surface area contributed by atoms with E-state index in [1.54, 1.807) is 11.7 Å². The van der Waals surface area contributed by atoms with Gasteiger partial charge in [-0.2, -0.15) is 5.10 Å². The van der Waals surface area contributed by atoms with E-state index >= 15 is 0 Å². The lowest BCUT2D eigenvalue weighted by Gasteiger charge is -2.02. The summed E-state index contributed by atoms with van der Waals surface area (Å²) in [6.45, 7) is 4.02. The Bertz CT molecular complexity index is 373. The summed E-state index contributed by atoms with van der Waals surface area (Å²) in [6.07, 6.45) is 1.51. The standard InChI is InChI=1S/C8H9Br2N3O/c1-5(9)3-11-8(14)6-4-12-13(2)7(6)10/h4H,1,3H2,2H3,(H,11,14). The lowest BCUT2D eigenvalue weighted by molar-refractivity contribution is 0.0957. The summed E-state index contributed by atoms with van der Waals surface area (Å²) in [6, 6.07) is 0. The van der Waals surface area contributed by atoms with Crippen molar-refractivity contribution < 1.29 is 4.79 Å². The highest BCUT2D eigenvalue weighted by Crippen LogP contribution is 2.14. The second-order valence-electron chi connectivity index (χ2n) is 2.67. The summed E-state index contributed by atoms with van der Waals surface area (Å²) in [5.74, 6) is -0.175. The van der Waals surface area contributed by atoms with Crippen molar-refractivity contribution >= 4 is 37.8 Å². The number of hydrogen-bond donors (Lipinski definition) is 1. The number of carbonyl (C=O) groups is 1. The first-order valence-corrected chi connectivity index (χ1v) is 5.40. The molecule has 1 aromatic rings. The van der Waals surface area contributed by atoms with Gasteiger partial charge in [-0.15, -0.1) is 0 Å². The van der Waals surface area contributed by atoms with Crippen LogP contribution in [0.15, 0.2) is 21.9 Å². The van der Waals surface area contributed by atoms with Gasteiger partial charge in [0.15, 0.2) is 0 Å². The van der Waals surface area contributed by atoms with Gasteiger partial charge in [0.05, 0.1) is 11.8 Å². The fourth-order valence-corrected chi connectivity index (χ4v) is 1.36. The van der Waals surface area contributed by atoms with Gasteiger partial charge in [0, 0.05) is 18.1 Å². The number of rotatable bonds is 3. The van der Waals surface area contributed by atoms with Crippen LogP contribution in [-0.4, -0.2) is 22.2 Å². The zero-order chi connectivity index (χ0) is 10.7. The van der Waals surface area contributed by atoms with E-state index < -0.39 is 0 Å². The highest BCUT2D eigenvalue weighted by atomic mass is 79.9. The smallest absolute Gasteiger partial charge is 0.255 e. The van der Waals surface area contributed by atoms with Crippen molar-refractivity contribution in [2.45, 2.75) is 0 Å². The summed E-state index contributed by atoms with van der Waals surface area (Å²) in [4.78, 5) is 11.5. The van der Waals surface area contributed by atoms with Crippen LogP contribution in [0.3, 0.4) is 0 Å². The van der Waals surface area contributed by atoms with Gasteiger partial charge in [0.1, 0.15) is 4.60 Å². The van der Waals surface area contributed by atoms with Gasteiger partial charge >= 0.3 is 0 Å². The fraction of sp³-hybridized carbons (Fsp3) is 0.250. The van der Waals surface area contributed by atoms with Crippen LogP contribution >= 0.6 is 31.9 Å². The normalized spacial score (nSPS) is 9.93. The van der Waals surface area contributed by atoms with Gasteiger partial charge in [0.25, 0.3) is 5.91 Å². The lowest BCUT2D eigenvalue weighted by atomic mass is 10.3. The molecule has 1 heterocycles. The van der Waals surface area contributed by atoms with Crippen molar-refractivity contribution in [3.8, 4) is 0 Å². The minimum Gasteiger partial charge on any atom is -0.347 e. The van der Waals surface area contributed by atoms with E-state index in [1.807, 2.05) is 0 Å². The number of halogens is 2. The molecule has 1 N–H and O–H groups in total. The van der Waals surface area contributed by atoms with E-state index in [0.717, 1.165) is 4.48 Å². The summed E-state index contributed by atoms with van der Waals surface area (Å²) in [5.41, 5.74) is 0.515. The predicted molar refractivity (Wildman–Crippen MR) is 61.3 cm³/mol. The molecule has 0 unspecified atom stereocenters. The first-order chi connectivity index (χ1) is 6.52. The molecule has 1 amide bonds. The van der Waals surface area contributed by atoms with Crippen LogP contribution < -0.4 is 5.32 Å². The number of amides is 1. The van der Waals surface area contributed by atoms with Crippen molar-refractivity contribution in [2.75, 3.05) is 6.54 Å². The Kier molecular flexibility index (Phi) is 3.88. The Morgan fingerprint density at radius 2 is 2.43 bits per heavy atom. The highest BCUT2D eigenvalue weighted by Gasteiger charge is 2.13. The van der Waals surface area contributed by atoms with Crippen LogP contribution in [-0.2, 0) is 7.05 Å². The van der Waals surface area contributed by atoms with Gasteiger partial charge in [-0.05, 0) is 15.9 Å². The first kappa shape index (κ1) is 11.5. The topological polar surface area (TPSA) is 46.9 Å². The molecule has 0 spiro atoms. The van der Waals surface area contributed by atoms with E-state index in [0.29, 0.717) is 16.7 Å². The minimum absolute atomic E-state index is 0.175. The Labute approximate surface area is 98.6 Å². The predicted octanol–water partition coefficient (Wildman–Crippen LogP) is 1.82. The molecule has 0 bridgehead atoms. The summed E-state index contributed by atoms with van der Waals surface area (Å²) in [5, 5.41) is 6.62. The fourth-order valence-electron chi connectivity index (χ4n) is 0.846. The van der Waals surface area contributed by atoms with Crippen LogP contribution in [0.1, 0.15) is 10.4 Å². The van der Waals surface area contributed by atoms with Gasteiger partial charge in [0.2, 0.25) is 0 Å². The molecule has 4 nitrogen and oxygen atoms in total. The zero-order valence-electron chi connectivity index (χ0n) is 7.55. The van der Waals surface area contributed by atoms with Crippen molar-refractivity contribution in [3.63, 3.8) is 0 Å². The van der Waals surface area contributed by atoms with E-state index in [9.17, 15) is 4.79 Å². The second kappa shape index (κ2) is 4.75. The second-order valence-corrected chi connectivity index (χ2v) is 4.55. The lowest BCUT2D eigenvalue weighted by Crippen LogP contribution is -2.24. The van der Waals surface area contributed by atoms with Crippen LogP contribution in [0.4, 0.5) is 0 Å². The number of hydrogen-bond acceptors (Lipinski definition) is 2. The van der Waals surface area contributed by atoms with Crippen molar-refractivity contribution in [1.29, 1.82) is 0 Å². The number of aromatic nitrogens is 2. The molecule has 1 rings (SSSR count). The van der Waals surface area contributed by atoms with E-state index in [4.69, 9.17) is 0 Å². The molecular weight excluding hydrogens is 314 g/mol. The maximum absolute atomic E-state index is 11.5. The minimum atomic E-state index is -0.175. The number of nitrogens with zero attached hydrogens (tertiary/aromatic N) is 2. The Morgan fingerprint density at radius 1 is 1.79 bits per heavy atom. The van der Waals surface area contributed by atoms with Crippen LogP contribution in [0.5, 0.6) is 0 Å². The molecule has 14 heavy (non-hydrogen) atoms. The molecule has 6 heteroatoms. The first-order valence-electron chi connectivity index (χ1n) is 3.81. The molecule has 0 aliphatic heterocycles. The van der Waals surface area contributed by atoms with E-state index in [-0.39, 0.29) is 5.91 Å². The third-order valence-electron chi connectivity index (χ3n) is 1.55. The van der Waals surface area contributed by atoms with Crippen molar-refractivity contribution in [3.05, 3.63) is 27.4 Å². The van der Waals surface area contributed by atoms with Gasteiger partial charge in [-0.25, -0.2) is 0 Å². The third-order valence-corrected chi connectivity index (χ3v) is 2.77. The van der Waals surface area contributed by atoms with Gasteiger partial charge in [-0.1, -0.05) is 22.5 Å². The maximum atomic E-state index is 11.5. The average molecular weight is 323 g/mol. The molecule has 0 saturated heterocycles. The monoisotopic (exact) mass is 321 g/mol. The SMILES string of the molecule is C=C(Br)CNC(=O)c1cnn(C)c1Br. The van der Waals surface area contributed by atoms with Crippen molar-refractivity contribution in [1.82, 2.24) is 15.1 Å². The Hall–Kier alpha value is -0.620. The maximum Gasteiger partial charge on any atom is 0.255 e. The summed E-state index contributed by atoms with van der Waals surface area (Å²) < 4.78 is 2.97. The molecule has 0 radical (unpaired) electrons. The zero-order valence-corrected chi connectivity index (χ0v) is 10.7. The summed E-state index contributed by atoms with van der Waals surface area (Å²) >= 11 is 6.42. The molecular formula is C8H9Br2N3O. The Balaban J connectivity index is 2.70. The van der Waals surface area contributed by atoms with E-state index in [2.05, 4.69) is 48.9 Å². The molecule has 0 atom stereocenters. The van der Waals surface area contributed by atoms with E-state index in [1.165, 1.54) is 6.20 Å². The molecule has 0 aliphatic rings. The largest absolute Gasteiger partial charge is 0.347 e. The molecule has 1 aromatic heterocycles. The van der Waals surface area contributed by atoms with Crippen molar-refractivity contribution in [2.24, 2.45) is 7.05 Å². The third kappa shape index (κ3) is 2.68.